The highest BCUT2D eigenvalue weighted by Crippen LogP contribution is 2.54. The number of likely N-dealkylation sites (N-methyl/N-ethyl adjacent to an activating group) is 1. The lowest BCUT2D eigenvalue weighted by atomic mass is 9.75. The Morgan fingerprint density at radius 1 is 0.654 bits per heavy atom. The van der Waals surface area contributed by atoms with Crippen LogP contribution in [-0.4, -0.2) is 145 Å². The molecule has 0 amide bonds. The summed E-state index contributed by atoms with van der Waals surface area (Å²) in [5, 5.41) is 9.25. The maximum atomic E-state index is 12.7. The van der Waals surface area contributed by atoms with E-state index < -0.39 is 92.7 Å². The number of carboxylic acid groups (broad SMARTS) is 1. The molecule has 0 aliphatic carbocycles. The van der Waals surface area contributed by atoms with Crippen LogP contribution in [0.25, 0.3) is 21.5 Å². The van der Waals surface area contributed by atoms with Crippen molar-refractivity contribution in [1.29, 1.82) is 0 Å². The first-order valence-electron chi connectivity index (χ1n) is 24.5. The minimum absolute atomic E-state index is 0.0222. The maximum Gasteiger partial charge on any atom is 0.303 e. The van der Waals surface area contributed by atoms with E-state index in [2.05, 4.69) is 0 Å². The lowest BCUT2D eigenvalue weighted by molar-refractivity contribution is -0.438. The van der Waals surface area contributed by atoms with Crippen LogP contribution < -0.4 is 4.90 Å². The van der Waals surface area contributed by atoms with E-state index >= 15 is 0 Å². The first-order valence-corrected chi connectivity index (χ1v) is 31.8. The van der Waals surface area contributed by atoms with E-state index in [1.165, 1.54) is 19.2 Å². The van der Waals surface area contributed by atoms with Crippen molar-refractivity contribution in [3.05, 3.63) is 108 Å². The third-order valence-electron chi connectivity index (χ3n) is 13.8. The molecule has 2 aliphatic heterocycles. The summed E-state index contributed by atoms with van der Waals surface area (Å²) >= 11 is 0. The van der Waals surface area contributed by atoms with Gasteiger partial charge in [-0.15, -0.1) is 0 Å². The largest absolute Gasteiger partial charge is 0.744 e. The Kier molecular flexibility index (Phi) is 19.5. The van der Waals surface area contributed by atoms with Gasteiger partial charge in [0.15, 0.2) is 5.71 Å². The van der Waals surface area contributed by atoms with E-state index in [1.807, 2.05) is 23.3 Å². The molecule has 78 heavy (non-hydrogen) atoms. The summed E-state index contributed by atoms with van der Waals surface area (Å²) in [6.45, 7) is 7.23. The van der Waals surface area contributed by atoms with Crippen molar-refractivity contribution < 1.29 is 93.5 Å². The molecule has 22 nitrogen and oxygen atoms in total. The fourth-order valence-corrected chi connectivity index (χ4v) is 13.5. The summed E-state index contributed by atoms with van der Waals surface area (Å²) < 4.78 is 196. The molecule has 0 saturated carbocycles. The average molecular weight is 1180 g/mol. The van der Waals surface area contributed by atoms with Gasteiger partial charge in [-0.1, -0.05) is 36.4 Å². The molecule has 2 heterocycles. The van der Waals surface area contributed by atoms with Gasteiger partial charge in [0.25, 0.3) is 40.5 Å². The molecule has 2 aliphatic rings. The molecular weight excluding hydrogens is 1120 g/mol. The van der Waals surface area contributed by atoms with Crippen LogP contribution in [0.1, 0.15) is 76.8 Å². The Labute approximate surface area is 454 Å². The van der Waals surface area contributed by atoms with Crippen LogP contribution in [0.4, 0.5) is 11.4 Å². The van der Waals surface area contributed by atoms with Crippen LogP contribution in [0.3, 0.4) is 0 Å². The van der Waals surface area contributed by atoms with Gasteiger partial charge in [0.2, 0.25) is 5.69 Å². The number of aliphatic carboxylic acids is 1. The zero-order valence-electron chi connectivity index (χ0n) is 43.1. The summed E-state index contributed by atoms with van der Waals surface area (Å²) in [6.07, 6.45) is 13.4. The number of rotatable bonds is 28. The first-order chi connectivity index (χ1) is 36.4. The monoisotopic (exact) mass is 1180 g/mol. The summed E-state index contributed by atoms with van der Waals surface area (Å²) in [7, 11) is -23.4. The maximum absolute atomic E-state index is 12.7. The molecule has 426 valence electrons. The van der Waals surface area contributed by atoms with Gasteiger partial charge in [0.05, 0.1) is 52.3 Å². The van der Waals surface area contributed by atoms with E-state index in [-0.39, 0.29) is 67.0 Å². The van der Waals surface area contributed by atoms with Gasteiger partial charge < -0.3 is 28.8 Å². The van der Waals surface area contributed by atoms with Gasteiger partial charge in [0, 0.05) is 78.4 Å². The van der Waals surface area contributed by atoms with Crippen molar-refractivity contribution in [3.8, 4) is 0 Å². The quantitative estimate of drug-likeness (QED) is 0.0170. The highest BCUT2D eigenvalue weighted by Gasteiger charge is 2.49. The number of carbonyl (C=O) groups is 1. The molecule has 2 unspecified atom stereocenters. The average Bonchev–Trinajstić information content (AvgIpc) is 4.00. The lowest BCUT2D eigenvalue weighted by Crippen LogP contribution is -2.33. The first kappa shape index (κ1) is 61.9. The van der Waals surface area contributed by atoms with Gasteiger partial charge in [-0.2, -0.15) is 38.2 Å². The second kappa shape index (κ2) is 24.6. The third kappa shape index (κ3) is 14.2. The molecule has 0 spiro atoms. The molecule has 0 bridgehead atoms. The predicted molar refractivity (Wildman–Crippen MR) is 288 cm³/mol. The number of fused-ring (bicyclic) bond motifs is 6. The number of allylic oxidation sites excluding steroid dienone is 8. The van der Waals surface area contributed by atoms with Crippen LogP contribution in [0.5, 0.6) is 0 Å². The van der Waals surface area contributed by atoms with E-state index in [0.717, 1.165) is 12.1 Å². The molecule has 0 radical (unpaired) electrons. The van der Waals surface area contributed by atoms with Crippen LogP contribution in [0.2, 0.25) is 0 Å². The van der Waals surface area contributed by atoms with Crippen LogP contribution in [-0.2, 0) is 80.4 Å². The molecule has 4 aromatic rings. The molecule has 0 aromatic heterocycles. The second-order valence-electron chi connectivity index (χ2n) is 19.0. The fourth-order valence-electron chi connectivity index (χ4n) is 10.4. The summed E-state index contributed by atoms with van der Waals surface area (Å²) in [5.74, 6) is -1.61. The lowest BCUT2D eigenvalue weighted by Gasteiger charge is -2.30. The zero-order valence-corrected chi connectivity index (χ0v) is 47.1. The van der Waals surface area contributed by atoms with Crippen LogP contribution in [0, 0.1) is 0 Å². The highest BCUT2D eigenvalue weighted by atomic mass is 32.2. The normalized spacial score (nSPS) is 19.0. The minimum Gasteiger partial charge on any atom is -0.744 e. The zero-order chi connectivity index (χ0) is 57.6. The van der Waals surface area contributed by atoms with Crippen molar-refractivity contribution in [1.82, 2.24) is 0 Å². The van der Waals surface area contributed by atoms with Crippen LogP contribution in [0.15, 0.2) is 116 Å². The van der Waals surface area contributed by atoms with Crippen molar-refractivity contribution in [3.63, 3.8) is 0 Å². The Balaban J connectivity index is 1.45. The minimum atomic E-state index is -5.31. The molecular formula is C51H62N2O20S5. The van der Waals surface area contributed by atoms with Crippen molar-refractivity contribution >= 4 is 95.2 Å². The highest BCUT2D eigenvalue weighted by molar-refractivity contribution is 7.87. The molecule has 0 saturated heterocycles. The Hall–Kier alpha value is -5.27. The standard InChI is InChI=1S/C51H62N2O20S5/c1-5-52-41-20-18-37-39(31-35(75(59,60)61)33-43(37)77(65,66)67)48(41)50(2,22-14-30-74(56,57)58)45(52)15-10-7-6-8-11-16-46-51(3,23-25-72-28-29-73-27-26-71-4)49-40-32-36(76(62,63)64)34-44(78(68,69)70)38(40)19-21-42(49)53(46)24-13-9-12-17-47(54)55/h6-8,10-11,15-16,18-21,31-34H,5,9,12-14,17,22-30H2,1-4H3,(H5-,54,55,56,57,58,59,60,61,62,63,64,65,66,67,68,69,70). The number of unbranched alkanes of at least 4 members (excludes halogenated alkanes) is 2. The number of ether oxygens (including phenoxy) is 3. The summed E-state index contributed by atoms with van der Waals surface area (Å²) in [5.41, 5.74) is 0.679. The van der Waals surface area contributed by atoms with E-state index in [4.69, 9.17) is 14.2 Å². The number of benzene rings is 4. The summed E-state index contributed by atoms with van der Waals surface area (Å²) in [6, 6.07) is 9.43. The number of methoxy groups -OCH3 is 1. The molecule has 6 rings (SSSR count). The van der Waals surface area contributed by atoms with Gasteiger partial charge >= 0.3 is 5.97 Å². The van der Waals surface area contributed by atoms with Gasteiger partial charge in [0.1, 0.15) is 21.6 Å². The molecule has 4 aromatic carbocycles. The number of carboxylic acids is 1. The van der Waals surface area contributed by atoms with Gasteiger partial charge in [-0.05, 0) is 112 Å². The molecule has 2 atom stereocenters. The van der Waals surface area contributed by atoms with Crippen molar-refractivity contribution in [2.45, 2.75) is 96.1 Å². The molecule has 0 fully saturated rings. The number of hydrogen-bond acceptors (Lipinski definition) is 16. The van der Waals surface area contributed by atoms with Gasteiger partial charge in [-0.25, -0.2) is 8.42 Å². The molecule has 5 N–H and O–H groups in total. The number of anilines is 1. The smallest absolute Gasteiger partial charge is 0.303 e. The topological polar surface area (TPSA) is 346 Å². The Bertz CT molecular complexity index is 3720. The number of nitrogens with zero attached hydrogens (tertiary/aromatic N) is 2. The number of hydrogen-bond donors (Lipinski definition) is 5. The van der Waals surface area contributed by atoms with E-state index in [1.54, 1.807) is 61.6 Å². The third-order valence-corrected chi connectivity index (χ3v) is 18.0. The molecule has 27 heteroatoms. The predicted octanol–water partition coefficient (Wildman–Crippen LogP) is 6.73. The SMILES string of the molecule is CCN1C(=CC=CC=CC=CC2=[N+](CCCCCC(=O)O)c3ccc4c(S(=O)(=O)[O-])cc(S(=O)(=O)O)cc4c3C2(C)CCOCCOCCOC)C(C)(CCCS(=O)(=O)O)c2c1ccc1c(S(=O)(=O)O)cc(S(=O)(=O)O)cc21. The van der Waals surface area contributed by atoms with E-state index in [0.29, 0.717) is 91.6 Å². The van der Waals surface area contributed by atoms with Crippen LogP contribution >= 0.6 is 0 Å². The van der Waals surface area contributed by atoms with E-state index in [9.17, 15) is 74.8 Å². The van der Waals surface area contributed by atoms with Crippen molar-refractivity contribution in [2.75, 3.05) is 63.9 Å². The summed E-state index contributed by atoms with van der Waals surface area (Å²) in [4.78, 5) is 9.94. The fraction of sp³-hybridized carbons (Fsp3) is 0.412. The second-order valence-corrected chi connectivity index (χ2v) is 26.2. The Morgan fingerprint density at radius 3 is 1.82 bits per heavy atom. The Morgan fingerprint density at radius 2 is 1.23 bits per heavy atom. The van der Waals surface area contributed by atoms with Gasteiger partial charge in [-0.3, -0.25) is 23.0 Å². The van der Waals surface area contributed by atoms with Crippen molar-refractivity contribution in [2.24, 2.45) is 0 Å².